The summed E-state index contributed by atoms with van der Waals surface area (Å²) in [6.45, 7) is 6.12. The fourth-order valence-corrected chi connectivity index (χ4v) is 2.64. The van der Waals surface area contributed by atoms with Crippen molar-refractivity contribution in [3.05, 3.63) is 0 Å². The van der Waals surface area contributed by atoms with Crippen molar-refractivity contribution in [3.8, 4) is 0 Å². The minimum atomic E-state index is 0.895. The van der Waals surface area contributed by atoms with E-state index in [1.165, 1.54) is 45.3 Å². The molecule has 0 aliphatic carbocycles. The Morgan fingerprint density at radius 1 is 1.36 bits per heavy atom. The first kappa shape index (κ1) is 12.0. The quantitative estimate of drug-likeness (QED) is 0.743. The third kappa shape index (κ3) is 3.58. The van der Waals surface area contributed by atoms with Crippen LogP contribution in [0, 0.1) is 11.8 Å². The lowest BCUT2D eigenvalue weighted by molar-refractivity contribution is 0.276. The lowest BCUT2D eigenvalue weighted by Crippen LogP contribution is -2.26. The molecule has 1 rings (SSSR count). The number of likely N-dealkylation sites (tertiary alicyclic amines) is 1. The van der Waals surface area contributed by atoms with Crippen LogP contribution < -0.4 is 5.32 Å². The van der Waals surface area contributed by atoms with Crippen LogP contribution >= 0.6 is 0 Å². The molecular formula is C12H26N2. The summed E-state index contributed by atoms with van der Waals surface area (Å²) >= 11 is 0. The summed E-state index contributed by atoms with van der Waals surface area (Å²) in [6.07, 6.45) is 5.55. The zero-order valence-electron chi connectivity index (χ0n) is 10.1. The lowest BCUT2D eigenvalue weighted by Gasteiger charge is -2.24. The molecule has 2 nitrogen and oxygen atoms in total. The molecule has 1 N–H and O–H groups in total. The Morgan fingerprint density at radius 3 is 2.79 bits per heavy atom. The highest BCUT2D eigenvalue weighted by Crippen LogP contribution is 2.26. The number of nitrogens with one attached hydrogen (secondary N) is 1. The fraction of sp³-hybridized carbons (Fsp3) is 1.00. The normalized spacial score (nSPS) is 27.2. The van der Waals surface area contributed by atoms with Crippen molar-refractivity contribution in [3.63, 3.8) is 0 Å². The summed E-state index contributed by atoms with van der Waals surface area (Å²) in [6, 6.07) is 0. The summed E-state index contributed by atoms with van der Waals surface area (Å²) in [5, 5.41) is 3.33. The summed E-state index contributed by atoms with van der Waals surface area (Å²) in [5.41, 5.74) is 0. The number of nitrogens with zero attached hydrogens (tertiary/aromatic N) is 1. The van der Waals surface area contributed by atoms with Crippen molar-refractivity contribution in [1.82, 2.24) is 10.2 Å². The molecule has 0 aromatic heterocycles. The molecular weight excluding hydrogens is 172 g/mol. The van der Waals surface area contributed by atoms with Crippen molar-refractivity contribution in [2.75, 3.05) is 33.7 Å². The molecule has 0 bridgehead atoms. The van der Waals surface area contributed by atoms with Crippen molar-refractivity contribution in [1.29, 1.82) is 0 Å². The molecule has 84 valence electrons. The van der Waals surface area contributed by atoms with E-state index in [1.807, 2.05) is 0 Å². The van der Waals surface area contributed by atoms with E-state index in [1.54, 1.807) is 0 Å². The first-order valence-corrected chi connectivity index (χ1v) is 6.11. The average molecular weight is 198 g/mol. The van der Waals surface area contributed by atoms with Crippen LogP contribution in [0.4, 0.5) is 0 Å². The van der Waals surface area contributed by atoms with Crippen LogP contribution in [-0.2, 0) is 0 Å². The third-order valence-electron chi connectivity index (χ3n) is 3.65. The summed E-state index contributed by atoms with van der Waals surface area (Å²) < 4.78 is 0. The van der Waals surface area contributed by atoms with Gasteiger partial charge in [-0.1, -0.05) is 13.3 Å². The molecule has 2 atom stereocenters. The van der Waals surface area contributed by atoms with Crippen LogP contribution in [0.25, 0.3) is 0 Å². The van der Waals surface area contributed by atoms with Crippen molar-refractivity contribution in [2.24, 2.45) is 11.8 Å². The first-order valence-electron chi connectivity index (χ1n) is 6.11. The maximum absolute atomic E-state index is 3.33. The molecule has 0 saturated carbocycles. The van der Waals surface area contributed by atoms with E-state index in [0.717, 1.165) is 11.8 Å². The summed E-state index contributed by atoms with van der Waals surface area (Å²) in [4.78, 5) is 2.48. The van der Waals surface area contributed by atoms with E-state index in [0.29, 0.717) is 0 Å². The Morgan fingerprint density at radius 2 is 2.14 bits per heavy atom. The molecule has 14 heavy (non-hydrogen) atoms. The number of hydrogen-bond donors (Lipinski definition) is 1. The molecule has 1 aliphatic heterocycles. The highest BCUT2D eigenvalue weighted by Gasteiger charge is 2.21. The minimum absolute atomic E-state index is 0.895. The molecule has 0 aromatic carbocycles. The van der Waals surface area contributed by atoms with Gasteiger partial charge < -0.3 is 10.2 Å². The van der Waals surface area contributed by atoms with Crippen LogP contribution in [0.15, 0.2) is 0 Å². The van der Waals surface area contributed by atoms with Crippen molar-refractivity contribution >= 4 is 0 Å². The van der Waals surface area contributed by atoms with E-state index in [9.17, 15) is 0 Å². The van der Waals surface area contributed by atoms with Crippen LogP contribution in [-0.4, -0.2) is 38.6 Å². The minimum Gasteiger partial charge on any atom is -0.319 e. The molecule has 0 spiro atoms. The fourth-order valence-electron chi connectivity index (χ4n) is 2.64. The molecule has 0 radical (unpaired) electrons. The Kier molecular flexibility index (Phi) is 5.49. The van der Waals surface area contributed by atoms with Crippen molar-refractivity contribution in [2.45, 2.75) is 32.6 Å². The van der Waals surface area contributed by atoms with Gasteiger partial charge in [0.05, 0.1) is 0 Å². The molecule has 1 saturated heterocycles. The average Bonchev–Trinajstić information content (AvgIpc) is 2.40. The van der Waals surface area contributed by atoms with E-state index in [-0.39, 0.29) is 0 Å². The van der Waals surface area contributed by atoms with E-state index >= 15 is 0 Å². The maximum Gasteiger partial charge on any atom is -0.00190 e. The van der Waals surface area contributed by atoms with Gasteiger partial charge in [0.15, 0.2) is 0 Å². The Bertz CT molecular complexity index is 147. The van der Waals surface area contributed by atoms with Crippen LogP contribution in [0.3, 0.4) is 0 Å². The molecule has 1 aliphatic rings. The van der Waals surface area contributed by atoms with Crippen LogP contribution in [0.1, 0.15) is 32.6 Å². The third-order valence-corrected chi connectivity index (χ3v) is 3.65. The smallest absolute Gasteiger partial charge is 0.00190 e. The van der Waals surface area contributed by atoms with Gasteiger partial charge in [-0.05, 0) is 64.8 Å². The van der Waals surface area contributed by atoms with Gasteiger partial charge in [-0.2, -0.15) is 0 Å². The first-order chi connectivity index (χ1) is 6.77. The van der Waals surface area contributed by atoms with Gasteiger partial charge in [0.2, 0.25) is 0 Å². The second-order valence-electron chi connectivity index (χ2n) is 4.72. The van der Waals surface area contributed by atoms with Gasteiger partial charge in [-0.25, -0.2) is 0 Å². The largest absolute Gasteiger partial charge is 0.319 e. The molecule has 2 heteroatoms. The van der Waals surface area contributed by atoms with E-state index in [4.69, 9.17) is 0 Å². The summed E-state index contributed by atoms with van der Waals surface area (Å²) in [5.74, 6) is 1.85. The van der Waals surface area contributed by atoms with Crippen LogP contribution in [0.5, 0.6) is 0 Å². The zero-order valence-corrected chi connectivity index (χ0v) is 10.1. The molecule has 0 amide bonds. The van der Waals surface area contributed by atoms with Crippen molar-refractivity contribution < 1.29 is 0 Å². The number of hydrogen-bond acceptors (Lipinski definition) is 2. The molecule has 2 unspecified atom stereocenters. The molecule has 0 aromatic rings. The monoisotopic (exact) mass is 198 g/mol. The predicted molar refractivity (Wildman–Crippen MR) is 62.5 cm³/mol. The summed E-state index contributed by atoms with van der Waals surface area (Å²) in [7, 11) is 4.33. The second-order valence-corrected chi connectivity index (χ2v) is 4.72. The van der Waals surface area contributed by atoms with Crippen LogP contribution in [0.2, 0.25) is 0 Å². The van der Waals surface area contributed by atoms with E-state index < -0.39 is 0 Å². The Labute approximate surface area is 89.1 Å². The second kappa shape index (κ2) is 6.41. The standard InChI is InChI=1S/C12H26N2/c1-4-11(10-13-2)12-6-5-8-14(3)9-7-12/h11-13H,4-10H2,1-3H3. The molecule has 1 heterocycles. The highest BCUT2D eigenvalue weighted by atomic mass is 15.1. The Balaban J connectivity index is 2.40. The zero-order chi connectivity index (χ0) is 10.4. The SMILES string of the molecule is CCC(CNC)C1CCCN(C)CC1. The van der Waals surface area contributed by atoms with Gasteiger partial charge >= 0.3 is 0 Å². The van der Waals surface area contributed by atoms with E-state index in [2.05, 4.69) is 31.2 Å². The van der Waals surface area contributed by atoms with Gasteiger partial charge in [0, 0.05) is 0 Å². The maximum atomic E-state index is 3.33. The highest BCUT2D eigenvalue weighted by molar-refractivity contribution is 4.75. The lowest BCUT2D eigenvalue weighted by atomic mass is 9.84. The topological polar surface area (TPSA) is 15.3 Å². The Hall–Kier alpha value is -0.0800. The van der Waals surface area contributed by atoms with Gasteiger partial charge in [0.1, 0.15) is 0 Å². The predicted octanol–water partition coefficient (Wildman–Crippen LogP) is 1.96. The molecule has 1 fully saturated rings. The van der Waals surface area contributed by atoms with Gasteiger partial charge in [0.25, 0.3) is 0 Å². The number of rotatable bonds is 4. The van der Waals surface area contributed by atoms with Gasteiger partial charge in [-0.3, -0.25) is 0 Å². The van der Waals surface area contributed by atoms with Gasteiger partial charge in [-0.15, -0.1) is 0 Å².